The number of aromatic nitrogens is 3. The molecule has 1 unspecified atom stereocenters. The maximum Gasteiger partial charge on any atom is 0.315 e. The van der Waals surface area contributed by atoms with Crippen LogP contribution in [0.5, 0.6) is 0 Å². The number of hydrogen-bond donors (Lipinski definition) is 2. The van der Waals surface area contributed by atoms with E-state index >= 15 is 0 Å². The van der Waals surface area contributed by atoms with E-state index in [0.29, 0.717) is 18.9 Å². The fourth-order valence-electron chi connectivity index (χ4n) is 2.42. The van der Waals surface area contributed by atoms with Crippen molar-refractivity contribution in [3.8, 4) is 5.82 Å². The standard InChI is InChI=1S/C15H19N5O2/c21-15(18-11-13-5-2-9-22-13)17-10-12-4-1-6-16-14(12)20-8-3-7-19-20/h1,3-4,6-8,13H,2,5,9-11H2,(H2,17,18,21). The van der Waals surface area contributed by atoms with Gasteiger partial charge < -0.3 is 15.4 Å². The Morgan fingerprint density at radius 1 is 1.36 bits per heavy atom. The predicted molar refractivity (Wildman–Crippen MR) is 80.6 cm³/mol. The lowest BCUT2D eigenvalue weighted by molar-refractivity contribution is 0.111. The number of rotatable bonds is 5. The third-order valence-corrected chi connectivity index (χ3v) is 3.54. The molecule has 2 amide bonds. The lowest BCUT2D eigenvalue weighted by Crippen LogP contribution is -2.39. The topological polar surface area (TPSA) is 81.1 Å². The van der Waals surface area contributed by atoms with Crippen molar-refractivity contribution in [2.75, 3.05) is 13.2 Å². The summed E-state index contributed by atoms with van der Waals surface area (Å²) >= 11 is 0. The van der Waals surface area contributed by atoms with Crippen LogP contribution in [0.4, 0.5) is 4.79 Å². The van der Waals surface area contributed by atoms with E-state index in [4.69, 9.17) is 4.74 Å². The third kappa shape index (κ3) is 3.62. The van der Waals surface area contributed by atoms with Gasteiger partial charge in [0.1, 0.15) is 0 Å². The molecule has 0 radical (unpaired) electrons. The molecular formula is C15H19N5O2. The van der Waals surface area contributed by atoms with Crippen molar-refractivity contribution in [2.45, 2.75) is 25.5 Å². The SMILES string of the molecule is O=C(NCc1cccnc1-n1cccn1)NCC1CCCO1. The van der Waals surface area contributed by atoms with Gasteiger partial charge >= 0.3 is 6.03 Å². The van der Waals surface area contributed by atoms with Gasteiger partial charge in [-0.25, -0.2) is 14.5 Å². The summed E-state index contributed by atoms with van der Waals surface area (Å²) in [5.74, 6) is 0.715. The highest BCUT2D eigenvalue weighted by molar-refractivity contribution is 5.73. The molecule has 3 rings (SSSR count). The van der Waals surface area contributed by atoms with Crippen LogP contribution >= 0.6 is 0 Å². The minimum absolute atomic E-state index is 0.142. The Bertz CT molecular complexity index is 608. The highest BCUT2D eigenvalue weighted by atomic mass is 16.5. The van der Waals surface area contributed by atoms with Crippen LogP contribution in [0.25, 0.3) is 5.82 Å². The van der Waals surface area contributed by atoms with Crippen LogP contribution in [0.2, 0.25) is 0 Å². The quantitative estimate of drug-likeness (QED) is 0.871. The lowest BCUT2D eigenvalue weighted by Gasteiger charge is -2.13. The highest BCUT2D eigenvalue weighted by Gasteiger charge is 2.16. The first-order valence-electron chi connectivity index (χ1n) is 7.40. The van der Waals surface area contributed by atoms with E-state index in [2.05, 4.69) is 20.7 Å². The average Bonchev–Trinajstić information content (AvgIpc) is 3.24. The maximum absolute atomic E-state index is 11.9. The first kappa shape index (κ1) is 14.5. The third-order valence-electron chi connectivity index (χ3n) is 3.54. The Balaban J connectivity index is 1.54. The zero-order chi connectivity index (χ0) is 15.2. The molecule has 2 aromatic heterocycles. The molecule has 2 N–H and O–H groups in total. The molecular weight excluding hydrogens is 282 g/mol. The van der Waals surface area contributed by atoms with Crippen molar-refractivity contribution in [2.24, 2.45) is 0 Å². The second kappa shape index (κ2) is 7.04. The summed E-state index contributed by atoms with van der Waals surface area (Å²) in [4.78, 5) is 16.2. The van der Waals surface area contributed by atoms with E-state index in [-0.39, 0.29) is 12.1 Å². The summed E-state index contributed by atoms with van der Waals surface area (Å²) in [7, 11) is 0. The van der Waals surface area contributed by atoms with E-state index in [9.17, 15) is 4.79 Å². The second-order valence-electron chi connectivity index (χ2n) is 5.14. The molecule has 0 spiro atoms. The Hall–Kier alpha value is -2.41. The lowest BCUT2D eigenvalue weighted by atomic mass is 10.2. The van der Waals surface area contributed by atoms with Crippen molar-refractivity contribution in [3.63, 3.8) is 0 Å². The molecule has 0 aliphatic carbocycles. The fourth-order valence-corrected chi connectivity index (χ4v) is 2.42. The molecule has 0 saturated carbocycles. The van der Waals surface area contributed by atoms with Gasteiger partial charge in [0, 0.05) is 43.9 Å². The molecule has 1 aliphatic rings. The molecule has 1 saturated heterocycles. The van der Waals surface area contributed by atoms with Crippen LogP contribution in [-0.4, -0.2) is 40.1 Å². The number of nitrogens with zero attached hydrogens (tertiary/aromatic N) is 3. The molecule has 1 atom stereocenters. The number of carbonyl (C=O) groups is 1. The summed E-state index contributed by atoms with van der Waals surface area (Å²) in [6.45, 7) is 1.72. The molecule has 0 aromatic carbocycles. The van der Waals surface area contributed by atoms with Crippen LogP contribution in [0.15, 0.2) is 36.8 Å². The van der Waals surface area contributed by atoms with Gasteiger partial charge in [-0.05, 0) is 25.0 Å². The average molecular weight is 301 g/mol. The minimum atomic E-state index is -0.203. The smallest absolute Gasteiger partial charge is 0.315 e. The molecule has 116 valence electrons. The number of hydrogen-bond acceptors (Lipinski definition) is 4. The molecule has 7 nitrogen and oxygen atoms in total. The van der Waals surface area contributed by atoms with E-state index in [1.54, 1.807) is 17.1 Å². The molecule has 22 heavy (non-hydrogen) atoms. The van der Waals surface area contributed by atoms with Crippen LogP contribution < -0.4 is 10.6 Å². The first-order valence-corrected chi connectivity index (χ1v) is 7.40. The van der Waals surface area contributed by atoms with Crippen molar-refractivity contribution >= 4 is 6.03 Å². The number of pyridine rings is 1. The van der Waals surface area contributed by atoms with Crippen LogP contribution in [-0.2, 0) is 11.3 Å². The monoisotopic (exact) mass is 301 g/mol. The van der Waals surface area contributed by atoms with E-state index in [1.807, 2.05) is 24.4 Å². The minimum Gasteiger partial charge on any atom is -0.376 e. The van der Waals surface area contributed by atoms with Crippen LogP contribution in [0, 0.1) is 0 Å². The van der Waals surface area contributed by atoms with E-state index in [1.165, 1.54) is 0 Å². The first-order chi connectivity index (χ1) is 10.8. The van der Waals surface area contributed by atoms with Gasteiger partial charge in [0.15, 0.2) is 5.82 Å². The summed E-state index contributed by atoms with van der Waals surface area (Å²) in [6.07, 6.45) is 7.44. The van der Waals surface area contributed by atoms with Gasteiger partial charge in [-0.15, -0.1) is 0 Å². The molecule has 1 aliphatic heterocycles. The van der Waals surface area contributed by atoms with Gasteiger partial charge in [-0.2, -0.15) is 5.10 Å². The Morgan fingerprint density at radius 2 is 2.32 bits per heavy atom. The zero-order valence-corrected chi connectivity index (χ0v) is 12.2. The van der Waals surface area contributed by atoms with E-state index < -0.39 is 0 Å². The van der Waals surface area contributed by atoms with Gasteiger partial charge in [0.05, 0.1) is 6.10 Å². The Kier molecular flexibility index (Phi) is 4.65. The largest absolute Gasteiger partial charge is 0.376 e. The normalized spacial score (nSPS) is 17.4. The van der Waals surface area contributed by atoms with Crippen molar-refractivity contribution < 1.29 is 9.53 Å². The van der Waals surface area contributed by atoms with Gasteiger partial charge in [-0.1, -0.05) is 6.07 Å². The van der Waals surface area contributed by atoms with Crippen LogP contribution in [0.3, 0.4) is 0 Å². The Morgan fingerprint density at radius 3 is 3.09 bits per heavy atom. The number of carbonyl (C=O) groups excluding carboxylic acids is 1. The summed E-state index contributed by atoms with van der Waals surface area (Å²) < 4.78 is 7.15. The van der Waals surface area contributed by atoms with Crippen LogP contribution in [0.1, 0.15) is 18.4 Å². The number of urea groups is 1. The van der Waals surface area contributed by atoms with Gasteiger partial charge in [-0.3, -0.25) is 0 Å². The number of ether oxygens (including phenoxy) is 1. The van der Waals surface area contributed by atoms with Gasteiger partial charge in [0.25, 0.3) is 0 Å². The molecule has 3 heterocycles. The molecule has 2 aromatic rings. The van der Waals surface area contributed by atoms with E-state index in [0.717, 1.165) is 25.0 Å². The number of amides is 2. The number of nitrogens with one attached hydrogen (secondary N) is 2. The maximum atomic E-state index is 11.9. The van der Waals surface area contributed by atoms with Gasteiger partial charge in [0.2, 0.25) is 0 Å². The zero-order valence-electron chi connectivity index (χ0n) is 12.2. The second-order valence-corrected chi connectivity index (χ2v) is 5.14. The summed E-state index contributed by atoms with van der Waals surface area (Å²) in [6, 6.07) is 5.39. The fraction of sp³-hybridized carbons (Fsp3) is 0.400. The van der Waals surface area contributed by atoms with Crippen molar-refractivity contribution in [3.05, 3.63) is 42.4 Å². The Labute approximate surface area is 128 Å². The highest BCUT2D eigenvalue weighted by Crippen LogP contribution is 2.11. The van der Waals surface area contributed by atoms with Crippen molar-refractivity contribution in [1.82, 2.24) is 25.4 Å². The summed E-state index contributed by atoms with van der Waals surface area (Å²) in [5, 5.41) is 9.84. The molecule has 0 bridgehead atoms. The predicted octanol–water partition coefficient (Wildman–Crippen LogP) is 1.25. The molecule has 7 heteroatoms. The van der Waals surface area contributed by atoms with Crippen molar-refractivity contribution in [1.29, 1.82) is 0 Å². The molecule has 1 fully saturated rings. The summed E-state index contributed by atoms with van der Waals surface area (Å²) in [5.41, 5.74) is 0.901.